The standard InChI is InChI=1S/C16H20ClN3O/c1-3-5-14-19-15(18-10-4-2)11-16(20-14)21-13-8-6-12(17)7-9-13/h6-9,11H,3-5,10H2,1-2H3,(H,18,19,20). The lowest BCUT2D eigenvalue weighted by atomic mass is 10.3. The van der Waals surface area contributed by atoms with Crippen LogP contribution in [-0.4, -0.2) is 16.5 Å². The van der Waals surface area contributed by atoms with Gasteiger partial charge in [0.2, 0.25) is 5.88 Å². The Morgan fingerprint density at radius 1 is 1.10 bits per heavy atom. The van der Waals surface area contributed by atoms with Crippen molar-refractivity contribution in [3.8, 4) is 11.6 Å². The van der Waals surface area contributed by atoms with E-state index < -0.39 is 0 Å². The van der Waals surface area contributed by atoms with E-state index in [1.165, 1.54) is 0 Å². The minimum absolute atomic E-state index is 0.550. The molecule has 5 heteroatoms. The predicted octanol–water partition coefficient (Wildman–Crippen LogP) is 4.70. The molecule has 0 aliphatic carbocycles. The SMILES string of the molecule is CCCNc1cc(Oc2ccc(Cl)cc2)nc(CCC)n1. The van der Waals surface area contributed by atoms with Gasteiger partial charge < -0.3 is 10.1 Å². The lowest BCUT2D eigenvalue weighted by molar-refractivity contribution is 0.458. The summed E-state index contributed by atoms with van der Waals surface area (Å²) in [5.74, 6) is 2.86. The fourth-order valence-electron chi connectivity index (χ4n) is 1.83. The Balaban J connectivity index is 2.19. The van der Waals surface area contributed by atoms with Gasteiger partial charge in [-0.15, -0.1) is 0 Å². The van der Waals surface area contributed by atoms with Gasteiger partial charge in [0.15, 0.2) is 0 Å². The third-order valence-corrected chi connectivity index (χ3v) is 3.07. The minimum atomic E-state index is 0.550. The zero-order valence-corrected chi connectivity index (χ0v) is 13.2. The number of aromatic nitrogens is 2. The molecule has 1 heterocycles. The molecule has 2 aromatic rings. The molecule has 21 heavy (non-hydrogen) atoms. The van der Waals surface area contributed by atoms with E-state index >= 15 is 0 Å². The molecule has 0 saturated heterocycles. The Morgan fingerprint density at radius 3 is 2.52 bits per heavy atom. The van der Waals surface area contributed by atoms with Crippen LogP contribution in [0, 0.1) is 0 Å². The van der Waals surface area contributed by atoms with E-state index in [-0.39, 0.29) is 0 Å². The van der Waals surface area contributed by atoms with Crippen molar-refractivity contribution in [2.45, 2.75) is 33.1 Å². The molecule has 0 amide bonds. The third kappa shape index (κ3) is 4.90. The van der Waals surface area contributed by atoms with E-state index in [4.69, 9.17) is 16.3 Å². The molecular formula is C16H20ClN3O. The number of hydrogen-bond donors (Lipinski definition) is 1. The van der Waals surface area contributed by atoms with Gasteiger partial charge in [0.25, 0.3) is 0 Å². The van der Waals surface area contributed by atoms with Crippen molar-refractivity contribution < 1.29 is 4.74 Å². The molecule has 0 spiro atoms. The lowest BCUT2D eigenvalue weighted by Gasteiger charge is -2.10. The number of benzene rings is 1. The molecule has 2 rings (SSSR count). The lowest BCUT2D eigenvalue weighted by Crippen LogP contribution is -2.06. The molecule has 0 aliphatic heterocycles. The summed E-state index contributed by atoms with van der Waals surface area (Å²) in [4.78, 5) is 8.94. The normalized spacial score (nSPS) is 10.4. The first kappa shape index (κ1) is 15.6. The Morgan fingerprint density at radius 2 is 1.86 bits per heavy atom. The maximum Gasteiger partial charge on any atom is 0.224 e. The van der Waals surface area contributed by atoms with Crippen molar-refractivity contribution in [1.82, 2.24) is 9.97 Å². The fourth-order valence-corrected chi connectivity index (χ4v) is 1.95. The van der Waals surface area contributed by atoms with Crippen LogP contribution in [0.1, 0.15) is 32.5 Å². The van der Waals surface area contributed by atoms with E-state index in [0.29, 0.717) is 16.7 Å². The predicted molar refractivity (Wildman–Crippen MR) is 86.3 cm³/mol. The van der Waals surface area contributed by atoms with Crippen LogP contribution >= 0.6 is 11.6 Å². The van der Waals surface area contributed by atoms with Crippen LogP contribution in [0.4, 0.5) is 5.82 Å². The topological polar surface area (TPSA) is 47.0 Å². The van der Waals surface area contributed by atoms with Gasteiger partial charge in [0.05, 0.1) is 0 Å². The van der Waals surface area contributed by atoms with E-state index in [2.05, 4.69) is 29.1 Å². The summed E-state index contributed by atoms with van der Waals surface area (Å²) in [6.45, 7) is 5.10. The largest absolute Gasteiger partial charge is 0.439 e. The summed E-state index contributed by atoms with van der Waals surface area (Å²) in [6, 6.07) is 9.05. The number of nitrogens with zero attached hydrogens (tertiary/aromatic N) is 2. The van der Waals surface area contributed by atoms with Crippen molar-refractivity contribution in [3.05, 3.63) is 41.2 Å². The van der Waals surface area contributed by atoms with E-state index in [0.717, 1.165) is 37.4 Å². The highest BCUT2D eigenvalue weighted by atomic mass is 35.5. The van der Waals surface area contributed by atoms with Crippen LogP contribution in [0.25, 0.3) is 0 Å². The smallest absolute Gasteiger partial charge is 0.224 e. The molecule has 4 nitrogen and oxygen atoms in total. The molecule has 0 atom stereocenters. The Kier molecular flexibility index (Phi) is 5.81. The van der Waals surface area contributed by atoms with Crippen molar-refractivity contribution in [2.24, 2.45) is 0 Å². The van der Waals surface area contributed by atoms with E-state index in [9.17, 15) is 0 Å². The fraction of sp³-hybridized carbons (Fsp3) is 0.375. The summed E-state index contributed by atoms with van der Waals surface area (Å²) in [6.07, 6.45) is 2.87. The summed E-state index contributed by atoms with van der Waals surface area (Å²) in [7, 11) is 0. The molecular weight excluding hydrogens is 286 g/mol. The molecule has 0 radical (unpaired) electrons. The first-order valence-electron chi connectivity index (χ1n) is 7.26. The summed E-state index contributed by atoms with van der Waals surface area (Å²) >= 11 is 5.87. The molecule has 1 aromatic carbocycles. The first-order chi connectivity index (χ1) is 10.2. The first-order valence-corrected chi connectivity index (χ1v) is 7.64. The number of ether oxygens (including phenoxy) is 1. The van der Waals surface area contributed by atoms with Crippen LogP contribution in [0.15, 0.2) is 30.3 Å². The van der Waals surface area contributed by atoms with Crippen LogP contribution in [0.2, 0.25) is 5.02 Å². The minimum Gasteiger partial charge on any atom is -0.439 e. The molecule has 0 bridgehead atoms. The van der Waals surface area contributed by atoms with Crippen LogP contribution < -0.4 is 10.1 Å². The quantitative estimate of drug-likeness (QED) is 0.805. The van der Waals surface area contributed by atoms with Gasteiger partial charge in [-0.1, -0.05) is 25.4 Å². The van der Waals surface area contributed by atoms with Crippen molar-refractivity contribution in [3.63, 3.8) is 0 Å². The second-order valence-corrected chi connectivity index (χ2v) is 5.18. The average molecular weight is 306 g/mol. The van der Waals surface area contributed by atoms with E-state index in [1.54, 1.807) is 12.1 Å². The van der Waals surface area contributed by atoms with Gasteiger partial charge in [-0.25, -0.2) is 4.98 Å². The highest BCUT2D eigenvalue weighted by molar-refractivity contribution is 6.30. The highest BCUT2D eigenvalue weighted by Crippen LogP contribution is 2.23. The van der Waals surface area contributed by atoms with Crippen LogP contribution in [-0.2, 0) is 6.42 Å². The van der Waals surface area contributed by atoms with Gasteiger partial charge in [-0.2, -0.15) is 4.98 Å². The molecule has 0 aliphatic rings. The van der Waals surface area contributed by atoms with Gasteiger partial charge >= 0.3 is 0 Å². The second-order valence-electron chi connectivity index (χ2n) is 4.74. The summed E-state index contributed by atoms with van der Waals surface area (Å²) in [5, 5.41) is 3.96. The molecule has 1 N–H and O–H groups in total. The average Bonchev–Trinajstić information content (AvgIpc) is 2.48. The molecule has 0 fully saturated rings. The number of aryl methyl sites for hydroxylation is 1. The molecule has 112 valence electrons. The number of rotatable bonds is 7. The summed E-state index contributed by atoms with van der Waals surface area (Å²) < 4.78 is 5.79. The molecule has 1 aromatic heterocycles. The maximum atomic E-state index is 5.87. The monoisotopic (exact) mass is 305 g/mol. The van der Waals surface area contributed by atoms with Crippen molar-refractivity contribution >= 4 is 17.4 Å². The Hall–Kier alpha value is -1.81. The van der Waals surface area contributed by atoms with Crippen molar-refractivity contribution in [2.75, 3.05) is 11.9 Å². The van der Waals surface area contributed by atoms with Gasteiger partial charge in [0, 0.05) is 24.1 Å². The third-order valence-electron chi connectivity index (χ3n) is 2.81. The maximum absolute atomic E-state index is 5.87. The number of halogens is 1. The number of nitrogens with one attached hydrogen (secondary N) is 1. The number of anilines is 1. The van der Waals surface area contributed by atoms with Gasteiger partial charge in [0.1, 0.15) is 17.4 Å². The highest BCUT2D eigenvalue weighted by Gasteiger charge is 2.06. The van der Waals surface area contributed by atoms with Crippen LogP contribution in [0.5, 0.6) is 11.6 Å². The van der Waals surface area contributed by atoms with Crippen LogP contribution in [0.3, 0.4) is 0 Å². The zero-order valence-electron chi connectivity index (χ0n) is 12.4. The summed E-state index contributed by atoms with van der Waals surface area (Å²) in [5.41, 5.74) is 0. The molecule has 0 unspecified atom stereocenters. The van der Waals surface area contributed by atoms with Crippen molar-refractivity contribution in [1.29, 1.82) is 0 Å². The Bertz CT molecular complexity index is 572. The molecule has 0 saturated carbocycles. The zero-order chi connectivity index (χ0) is 15.1. The number of hydrogen-bond acceptors (Lipinski definition) is 4. The van der Waals surface area contributed by atoms with Gasteiger partial charge in [-0.05, 0) is 37.1 Å². The second kappa shape index (κ2) is 7.84. The van der Waals surface area contributed by atoms with Gasteiger partial charge in [-0.3, -0.25) is 0 Å². The Labute approximate surface area is 130 Å². The van der Waals surface area contributed by atoms with E-state index in [1.807, 2.05) is 18.2 Å².